The highest BCUT2D eigenvalue weighted by atomic mass is 32.1. The van der Waals surface area contributed by atoms with Crippen molar-refractivity contribution >= 4 is 28.6 Å². The summed E-state index contributed by atoms with van der Waals surface area (Å²) in [7, 11) is 0. The zero-order valence-electron chi connectivity index (χ0n) is 13.0. The molecule has 23 heavy (non-hydrogen) atoms. The number of nitrogens with zero attached hydrogens (tertiary/aromatic N) is 1. The van der Waals surface area contributed by atoms with Gasteiger partial charge in [0.2, 0.25) is 0 Å². The molecule has 1 aromatic carbocycles. The number of carbonyl (C=O) groups excluding carboxylic acids is 1. The first-order valence-electron chi connectivity index (χ1n) is 7.33. The van der Waals surface area contributed by atoms with Crippen LogP contribution in [0.3, 0.4) is 0 Å². The van der Waals surface area contributed by atoms with E-state index < -0.39 is 4.92 Å². The molecule has 0 aliphatic rings. The second-order valence-corrected chi connectivity index (χ2v) is 6.41. The van der Waals surface area contributed by atoms with Gasteiger partial charge in [0, 0.05) is 29.1 Å². The molecule has 1 aromatic heterocycles. The van der Waals surface area contributed by atoms with Crippen molar-refractivity contribution in [3.8, 4) is 0 Å². The lowest BCUT2D eigenvalue weighted by molar-refractivity contribution is -0.384. The molecule has 0 fully saturated rings. The van der Waals surface area contributed by atoms with Crippen molar-refractivity contribution in [1.29, 1.82) is 0 Å². The molecule has 1 heterocycles. The van der Waals surface area contributed by atoms with Gasteiger partial charge >= 0.3 is 0 Å². The van der Waals surface area contributed by atoms with E-state index in [0.29, 0.717) is 12.2 Å². The minimum absolute atomic E-state index is 0.0230. The van der Waals surface area contributed by atoms with Crippen LogP contribution >= 0.6 is 11.3 Å². The fraction of sp³-hybridized carbons (Fsp3) is 0.312. The zero-order chi connectivity index (χ0) is 16.8. The molecule has 2 aromatic rings. The zero-order valence-corrected chi connectivity index (χ0v) is 13.9. The first kappa shape index (κ1) is 17.0. The number of nitrogens with one attached hydrogen (secondary N) is 2. The number of anilines is 1. The number of rotatable bonds is 7. The summed E-state index contributed by atoms with van der Waals surface area (Å²) in [4.78, 5) is 23.9. The average Bonchev–Trinajstić information content (AvgIpc) is 2.99. The summed E-state index contributed by atoms with van der Waals surface area (Å²) >= 11 is 1.65. The number of nitro benzene ring substituents is 1. The highest BCUT2D eigenvalue weighted by molar-refractivity contribution is 7.09. The normalized spacial score (nSPS) is 10.6. The van der Waals surface area contributed by atoms with Crippen molar-refractivity contribution in [2.75, 3.05) is 11.9 Å². The number of hydrogen-bond donors (Lipinski definition) is 2. The van der Waals surface area contributed by atoms with Crippen molar-refractivity contribution in [2.45, 2.75) is 26.3 Å². The Kier molecular flexibility index (Phi) is 5.70. The highest BCUT2D eigenvalue weighted by Crippen LogP contribution is 2.25. The summed E-state index contributed by atoms with van der Waals surface area (Å²) in [5.41, 5.74) is 0.620. The molecule has 0 aliphatic carbocycles. The molecular formula is C16H19N3O3S. The molecule has 0 bridgehead atoms. The minimum Gasteiger partial charge on any atom is -0.379 e. The third-order valence-corrected chi connectivity index (χ3v) is 4.08. The van der Waals surface area contributed by atoms with Gasteiger partial charge in [-0.25, -0.2) is 0 Å². The van der Waals surface area contributed by atoms with Gasteiger partial charge in [0.05, 0.1) is 4.92 Å². The number of thiophene rings is 1. The molecule has 2 N–H and O–H groups in total. The molecule has 0 spiro atoms. The summed E-state index contributed by atoms with van der Waals surface area (Å²) in [6.45, 7) is 4.28. The third kappa shape index (κ3) is 4.79. The Hall–Kier alpha value is -2.41. The molecule has 0 aliphatic heterocycles. The van der Waals surface area contributed by atoms with Gasteiger partial charge in [-0.15, -0.1) is 11.3 Å². The van der Waals surface area contributed by atoms with Gasteiger partial charge in [0.25, 0.3) is 11.6 Å². The lowest BCUT2D eigenvalue weighted by Crippen LogP contribution is -2.30. The SMILES string of the molecule is CC(C)NC(=O)c1ccc(NCCc2cccs2)c([N+](=O)[O-])c1. The maximum atomic E-state index is 12.0. The van der Waals surface area contributed by atoms with Gasteiger partial charge in [0.1, 0.15) is 5.69 Å². The summed E-state index contributed by atoms with van der Waals surface area (Å²) < 4.78 is 0. The number of amides is 1. The maximum Gasteiger partial charge on any atom is 0.293 e. The van der Waals surface area contributed by atoms with Crippen LogP contribution in [0.25, 0.3) is 0 Å². The Morgan fingerprint density at radius 1 is 1.35 bits per heavy atom. The summed E-state index contributed by atoms with van der Waals surface area (Å²) in [6, 6.07) is 8.47. The van der Waals surface area contributed by atoms with Crippen LogP contribution in [0.1, 0.15) is 29.1 Å². The summed E-state index contributed by atoms with van der Waals surface area (Å²) in [6.07, 6.45) is 0.796. The highest BCUT2D eigenvalue weighted by Gasteiger charge is 2.17. The van der Waals surface area contributed by atoms with Crippen LogP contribution < -0.4 is 10.6 Å². The molecule has 0 saturated carbocycles. The van der Waals surface area contributed by atoms with E-state index in [4.69, 9.17) is 0 Å². The molecular weight excluding hydrogens is 314 g/mol. The van der Waals surface area contributed by atoms with E-state index in [-0.39, 0.29) is 23.2 Å². The lowest BCUT2D eigenvalue weighted by Gasteiger charge is -2.10. The Morgan fingerprint density at radius 3 is 2.74 bits per heavy atom. The topological polar surface area (TPSA) is 84.3 Å². The number of benzene rings is 1. The Bertz CT molecular complexity index is 684. The molecule has 0 unspecified atom stereocenters. The second-order valence-electron chi connectivity index (χ2n) is 5.37. The van der Waals surface area contributed by atoms with Crippen LogP contribution in [-0.2, 0) is 6.42 Å². The van der Waals surface area contributed by atoms with E-state index in [1.807, 2.05) is 31.4 Å². The van der Waals surface area contributed by atoms with E-state index in [9.17, 15) is 14.9 Å². The average molecular weight is 333 g/mol. The van der Waals surface area contributed by atoms with Gasteiger partial charge < -0.3 is 10.6 Å². The smallest absolute Gasteiger partial charge is 0.293 e. The lowest BCUT2D eigenvalue weighted by atomic mass is 10.1. The molecule has 6 nitrogen and oxygen atoms in total. The van der Waals surface area contributed by atoms with E-state index in [1.165, 1.54) is 10.9 Å². The molecule has 122 valence electrons. The van der Waals surface area contributed by atoms with E-state index in [0.717, 1.165) is 6.42 Å². The molecule has 0 saturated heterocycles. The molecule has 7 heteroatoms. The first-order valence-corrected chi connectivity index (χ1v) is 8.21. The Balaban J connectivity index is 2.09. The fourth-order valence-electron chi connectivity index (χ4n) is 2.09. The largest absolute Gasteiger partial charge is 0.379 e. The van der Waals surface area contributed by atoms with E-state index in [2.05, 4.69) is 10.6 Å². The molecule has 0 atom stereocenters. The predicted octanol–water partition coefficient (Wildman–Crippen LogP) is 3.45. The van der Waals surface area contributed by atoms with Crippen LogP contribution in [-0.4, -0.2) is 23.4 Å². The van der Waals surface area contributed by atoms with Crippen LogP contribution in [0.4, 0.5) is 11.4 Å². The maximum absolute atomic E-state index is 12.0. The van der Waals surface area contributed by atoms with E-state index >= 15 is 0 Å². The molecule has 2 rings (SSSR count). The Morgan fingerprint density at radius 2 is 2.13 bits per heavy atom. The van der Waals surface area contributed by atoms with Crippen molar-refractivity contribution in [3.05, 3.63) is 56.3 Å². The minimum atomic E-state index is -0.473. The van der Waals surface area contributed by atoms with Crippen molar-refractivity contribution in [2.24, 2.45) is 0 Å². The molecule has 0 radical (unpaired) electrons. The predicted molar refractivity (Wildman–Crippen MR) is 92.2 cm³/mol. The summed E-state index contributed by atoms with van der Waals surface area (Å²) in [5, 5.41) is 19.0. The standard InChI is InChI=1S/C16H19N3O3S/c1-11(2)18-16(20)12-5-6-14(15(10-12)19(21)22)17-8-7-13-4-3-9-23-13/h3-6,9-11,17H,7-8H2,1-2H3,(H,18,20). The number of nitro groups is 1. The van der Waals surface area contributed by atoms with Gasteiger partial charge in [-0.3, -0.25) is 14.9 Å². The van der Waals surface area contributed by atoms with Gasteiger partial charge in [-0.2, -0.15) is 0 Å². The van der Waals surface area contributed by atoms with Crippen molar-refractivity contribution in [3.63, 3.8) is 0 Å². The van der Waals surface area contributed by atoms with Crippen LogP contribution in [0, 0.1) is 10.1 Å². The monoisotopic (exact) mass is 333 g/mol. The van der Waals surface area contributed by atoms with Crippen molar-refractivity contribution < 1.29 is 9.72 Å². The quantitative estimate of drug-likeness (QED) is 0.600. The third-order valence-electron chi connectivity index (χ3n) is 3.14. The Labute approximate surface area is 138 Å². The summed E-state index contributed by atoms with van der Waals surface area (Å²) in [5.74, 6) is -0.312. The first-order chi connectivity index (χ1) is 11.0. The van der Waals surface area contributed by atoms with Gasteiger partial charge in [-0.1, -0.05) is 6.07 Å². The number of hydrogen-bond acceptors (Lipinski definition) is 5. The number of carbonyl (C=O) groups is 1. The van der Waals surface area contributed by atoms with Crippen molar-refractivity contribution in [1.82, 2.24) is 5.32 Å². The van der Waals surface area contributed by atoms with E-state index in [1.54, 1.807) is 23.5 Å². The fourth-order valence-corrected chi connectivity index (χ4v) is 2.80. The van der Waals surface area contributed by atoms with Gasteiger partial charge in [0.15, 0.2) is 0 Å². The molecule has 1 amide bonds. The van der Waals surface area contributed by atoms with Crippen LogP contribution in [0.2, 0.25) is 0 Å². The van der Waals surface area contributed by atoms with Gasteiger partial charge in [-0.05, 0) is 43.8 Å². The van der Waals surface area contributed by atoms with Crippen LogP contribution in [0.5, 0.6) is 0 Å². The van der Waals surface area contributed by atoms with Crippen LogP contribution in [0.15, 0.2) is 35.7 Å². The second kappa shape index (κ2) is 7.73.